The first-order valence-electron chi connectivity index (χ1n) is 5.74. The first-order valence-corrected chi connectivity index (χ1v) is 5.74. The molecule has 2 unspecified atom stereocenters. The summed E-state index contributed by atoms with van der Waals surface area (Å²) in [6.07, 6.45) is 1.21. The van der Waals surface area contributed by atoms with Gasteiger partial charge in [0.1, 0.15) is 0 Å². The fourth-order valence-electron chi connectivity index (χ4n) is 1.77. The van der Waals surface area contributed by atoms with E-state index < -0.39 is 0 Å². The standard InChI is InChI=1S/C11H24N2O/c1-9(2)12-5-6-13-10(3)11-4-7-14-8-11/h9-13H,4-8H2,1-3H3. The fourth-order valence-corrected chi connectivity index (χ4v) is 1.77. The van der Waals surface area contributed by atoms with Crippen LogP contribution in [0.2, 0.25) is 0 Å². The van der Waals surface area contributed by atoms with E-state index in [9.17, 15) is 0 Å². The third kappa shape index (κ3) is 4.40. The van der Waals surface area contributed by atoms with Crippen LogP contribution in [0.3, 0.4) is 0 Å². The third-order valence-corrected chi connectivity index (χ3v) is 2.82. The summed E-state index contributed by atoms with van der Waals surface area (Å²) in [5.74, 6) is 0.717. The predicted molar refractivity (Wildman–Crippen MR) is 59.5 cm³/mol. The van der Waals surface area contributed by atoms with E-state index in [1.807, 2.05) is 0 Å². The van der Waals surface area contributed by atoms with Gasteiger partial charge in [-0.05, 0) is 19.3 Å². The minimum Gasteiger partial charge on any atom is -0.381 e. The Morgan fingerprint density at radius 1 is 1.21 bits per heavy atom. The summed E-state index contributed by atoms with van der Waals surface area (Å²) in [5, 5.41) is 6.94. The lowest BCUT2D eigenvalue weighted by atomic mass is 10.0. The molecule has 1 aliphatic heterocycles. The highest BCUT2D eigenvalue weighted by Crippen LogP contribution is 2.15. The molecule has 0 aromatic heterocycles. The molecule has 0 bridgehead atoms. The van der Waals surface area contributed by atoms with Crippen LogP contribution in [0.5, 0.6) is 0 Å². The second-order valence-corrected chi connectivity index (χ2v) is 4.48. The molecular formula is C11H24N2O. The van der Waals surface area contributed by atoms with Crippen molar-refractivity contribution in [3.63, 3.8) is 0 Å². The van der Waals surface area contributed by atoms with Gasteiger partial charge in [0.25, 0.3) is 0 Å². The first-order chi connectivity index (χ1) is 6.70. The van der Waals surface area contributed by atoms with Gasteiger partial charge in [0.05, 0.1) is 6.61 Å². The number of ether oxygens (including phenoxy) is 1. The molecule has 84 valence electrons. The first kappa shape index (κ1) is 12.0. The van der Waals surface area contributed by atoms with Gasteiger partial charge >= 0.3 is 0 Å². The van der Waals surface area contributed by atoms with Crippen molar-refractivity contribution in [2.45, 2.75) is 39.3 Å². The van der Waals surface area contributed by atoms with Crippen molar-refractivity contribution in [1.82, 2.24) is 10.6 Å². The van der Waals surface area contributed by atoms with E-state index in [0.29, 0.717) is 18.0 Å². The molecule has 1 saturated heterocycles. The van der Waals surface area contributed by atoms with Crippen LogP contribution < -0.4 is 10.6 Å². The van der Waals surface area contributed by atoms with Gasteiger partial charge < -0.3 is 15.4 Å². The minimum atomic E-state index is 0.585. The topological polar surface area (TPSA) is 33.3 Å². The lowest BCUT2D eigenvalue weighted by molar-refractivity contribution is 0.178. The van der Waals surface area contributed by atoms with E-state index in [4.69, 9.17) is 4.74 Å². The van der Waals surface area contributed by atoms with Crippen LogP contribution in [0.1, 0.15) is 27.2 Å². The molecule has 3 heteroatoms. The molecule has 1 aliphatic rings. The maximum Gasteiger partial charge on any atom is 0.0509 e. The lowest BCUT2D eigenvalue weighted by Crippen LogP contribution is -2.39. The highest BCUT2D eigenvalue weighted by molar-refractivity contribution is 4.75. The summed E-state index contributed by atoms with van der Waals surface area (Å²) >= 11 is 0. The Bertz CT molecular complexity index is 144. The Kier molecular flexibility index (Phi) is 5.45. The molecule has 1 fully saturated rings. The number of rotatable bonds is 6. The third-order valence-electron chi connectivity index (χ3n) is 2.82. The highest BCUT2D eigenvalue weighted by atomic mass is 16.5. The smallest absolute Gasteiger partial charge is 0.0509 e. The molecule has 1 heterocycles. The van der Waals surface area contributed by atoms with Gasteiger partial charge in [-0.2, -0.15) is 0 Å². The molecule has 0 amide bonds. The van der Waals surface area contributed by atoms with E-state index in [1.54, 1.807) is 0 Å². The van der Waals surface area contributed by atoms with Gasteiger partial charge in [-0.25, -0.2) is 0 Å². The van der Waals surface area contributed by atoms with Crippen LogP contribution in [-0.4, -0.2) is 38.4 Å². The van der Waals surface area contributed by atoms with E-state index in [-0.39, 0.29) is 0 Å². The van der Waals surface area contributed by atoms with Crippen LogP contribution in [0, 0.1) is 5.92 Å². The van der Waals surface area contributed by atoms with Crippen LogP contribution in [-0.2, 0) is 4.74 Å². The van der Waals surface area contributed by atoms with E-state index in [1.165, 1.54) is 6.42 Å². The van der Waals surface area contributed by atoms with Crippen LogP contribution in [0.4, 0.5) is 0 Å². The van der Waals surface area contributed by atoms with Gasteiger partial charge in [0, 0.05) is 31.8 Å². The van der Waals surface area contributed by atoms with Crippen molar-refractivity contribution in [1.29, 1.82) is 0 Å². The summed E-state index contributed by atoms with van der Waals surface area (Å²) < 4.78 is 5.37. The average Bonchev–Trinajstić information content (AvgIpc) is 2.64. The number of nitrogens with one attached hydrogen (secondary N) is 2. The monoisotopic (exact) mass is 200 g/mol. The quantitative estimate of drug-likeness (QED) is 0.628. The van der Waals surface area contributed by atoms with Gasteiger partial charge in [-0.15, -0.1) is 0 Å². The molecule has 0 aliphatic carbocycles. The highest BCUT2D eigenvalue weighted by Gasteiger charge is 2.21. The SMILES string of the molecule is CC(C)NCCNC(C)C1CCOC1. The van der Waals surface area contributed by atoms with Crippen molar-refractivity contribution in [2.24, 2.45) is 5.92 Å². The molecule has 3 nitrogen and oxygen atoms in total. The Morgan fingerprint density at radius 2 is 1.93 bits per heavy atom. The zero-order chi connectivity index (χ0) is 10.4. The van der Waals surface area contributed by atoms with Crippen molar-refractivity contribution in [2.75, 3.05) is 26.3 Å². The molecular weight excluding hydrogens is 176 g/mol. The summed E-state index contributed by atoms with van der Waals surface area (Å²) in [5.41, 5.74) is 0. The predicted octanol–water partition coefficient (Wildman–Crippen LogP) is 0.999. The molecule has 2 atom stereocenters. The largest absolute Gasteiger partial charge is 0.381 e. The zero-order valence-corrected chi connectivity index (χ0v) is 9.68. The normalized spacial score (nSPS) is 24.4. The van der Waals surface area contributed by atoms with Crippen molar-refractivity contribution >= 4 is 0 Å². The fraction of sp³-hybridized carbons (Fsp3) is 1.00. The Balaban J connectivity index is 1.99. The zero-order valence-electron chi connectivity index (χ0n) is 9.68. The molecule has 0 radical (unpaired) electrons. The summed E-state index contributed by atoms with van der Waals surface area (Å²) in [4.78, 5) is 0. The van der Waals surface area contributed by atoms with Crippen molar-refractivity contribution < 1.29 is 4.74 Å². The van der Waals surface area contributed by atoms with Crippen molar-refractivity contribution in [3.8, 4) is 0 Å². The second kappa shape index (κ2) is 6.38. The van der Waals surface area contributed by atoms with Gasteiger partial charge in [0.2, 0.25) is 0 Å². The van der Waals surface area contributed by atoms with Gasteiger partial charge in [-0.1, -0.05) is 13.8 Å². The minimum absolute atomic E-state index is 0.585. The molecule has 0 spiro atoms. The molecule has 0 aromatic rings. The number of hydrogen-bond acceptors (Lipinski definition) is 3. The molecule has 0 aromatic carbocycles. The maximum absolute atomic E-state index is 5.37. The molecule has 14 heavy (non-hydrogen) atoms. The van der Waals surface area contributed by atoms with E-state index in [0.717, 1.165) is 26.3 Å². The van der Waals surface area contributed by atoms with Crippen LogP contribution >= 0.6 is 0 Å². The second-order valence-electron chi connectivity index (χ2n) is 4.48. The van der Waals surface area contributed by atoms with E-state index in [2.05, 4.69) is 31.4 Å². The van der Waals surface area contributed by atoms with Gasteiger partial charge in [-0.3, -0.25) is 0 Å². The summed E-state index contributed by atoms with van der Waals surface area (Å²) in [6, 6.07) is 1.17. The van der Waals surface area contributed by atoms with E-state index >= 15 is 0 Å². The molecule has 1 rings (SSSR count). The molecule has 2 N–H and O–H groups in total. The van der Waals surface area contributed by atoms with Gasteiger partial charge in [0.15, 0.2) is 0 Å². The van der Waals surface area contributed by atoms with Crippen molar-refractivity contribution in [3.05, 3.63) is 0 Å². The van der Waals surface area contributed by atoms with Crippen LogP contribution in [0.15, 0.2) is 0 Å². The summed E-state index contributed by atoms with van der Waals surface area (Å²) in [7, 11) is 0. The Hall–Kier alpha value is -0.120. The molecule has 0 saturated carbocycles. The Labute approximate surface area is 87.6 Å². The summed E-state index contributed by atoms with van der Waals surface area (Å²) in [6.45, 7) is 10.6. The number of hydrogen-bond donors (Lipinski definition) is 2. The Morgan fingerprint density at radius 3 is 2.50 bits per heavy atom. The lowest BCUT2D eigenvalue weighted by Gasteiger charge is -2.19. The maximum atomic E-state index is 5.37. The van der Waals surface area contributed by atoms with Crippen LogP contribution in [0.25, 0.3) is 0 Å². The average molecular weight is 200 g/mol.